The Balaban J connectivity index is 0.903. The number of likely N-dealkylation sites (tertiary alicyclic amines) is 1. The van der Waals surface area contributed by atoms with E-state index >= 15 is 0 Å². The third-order valence-corrected chi connectivity index (χ3v) is 12.0. The van der Waals surface area contributed by atoms with Gasteiger partial charge in [0.15, 0.2) is 0 Å². The number of hydrogen-bond donors (Lipinski definition) is 5. The number of nitrogens with zero attached hydrogens (tertiary/aromatic N) is 6. The molecule has 64 heavy (non-hydrogen) atoms. The molecule has 7 rings (SSSR count). The maximum absolute atomic E-state index is 14.2. The Morgan fingerprint density at radius 3 is 2.45 bits per heavy atom. The molecule has 5 N–H and O–H groups in total. The molecule has 2 aliphatic heterocycles. The standard InChI is InChI=1S/C46H55ClN10O7/c1-27(28-10-12-32(33(47)22-28)38-15-19-49-55(38)5)50-44(61)39-24-30(58)25-57(39)45(62)42(46(2,3)4)53-41(59)26-64-31-16-20-56(21-17-31)29-11-13-36(40(23-29)63-6)52-43(60)37-9-7-8-34(51-37)35-14-18-48-54-35/h7-15,18-19,22-23,27,30-31,39,42,58H,16-17,20-21,24-26H2,1-6H3,(H,48,54)(H,50,61)(H,52,60)(H,53,59)/t27-,30+,39-,42+/m0/s1. The molecule has 18 heteroatoms. The number of nitrogens with one attached hydrogen (secondary N) is 4. The van der Waals surface area contributed by atoms with E-state index in [9.17, 15) is 24.3 Å². The number of aliphatic hydroxyl groups excluding tert-OH is 1. The average Bonchev–Trinajstić information content (AvgIpc) is 4.07. The average molecular weight is 895 g/mol. The molecular formula is C46H55ClN10O7. The molecule has 2 fully saturated rings. The lowest BCUT2D eigenvalue weighted by atomic mass is 9.85. The predicted octanol–water partition coefficient (Wildman–Crippen LogP) is 5.14. The highest BCUT2D eigenvalue weighted by Gasteiger charge is 2.45. The zero-order valence-electron chi connectivity index (χ0n) is 36.8. The van der Waals surface area contributed by atoms with Gasteiger partial charge in [0.25, 0.3) is 5.91 Å². The molecule has 2 aliphatic rings. The molecule has 4 amide bonds. The Labute approximate surface area is 376 Å². The van der Waals surface area contributed by atoms with Crippen molar-refractivity contribution < 1.29 is 33.8 Å². The van der Waals surface area contributed by atoms with Crippen LogP contribution in [-0.2, 0) is 26.2 Å². The fourth-order valence-corrected chi connectivity index (χ4v) is 8.40. The Kier molecular flexibility index (Phi) is 14.0. The summed E-state index contributed by atoms with van der Waals surface area (Å²) in [7, 11) is 3.37. The second-order valence-electron chi connectivity index (χ2n) is 17.3. The van der Waals surface area contributed by atoms with E-state index in [2.05, 4.69) is 41.1 Å². The van der Waals surface area contributed by atoms with Gasteiger partial charge in [0.2, 0.25) is 17.7 Å². The van der Waals surface area contributed by atoms with E-state index in [-0.39, 0.29) is 37.3 Å². The number of benzene rings is 2. The van der Waals surface area contributed by atoms with E-state index in [1.807, 2.05) is 65.1 Å². The van der Waals surface area contributed by atoms with Gasteiger partial charge in [0, 0.05) is 62.8 Å². The molecule has 0 saturated carbocycles. The lowest BCUT2D eigenvalue weighted by Gasteiger charge is -2.36. The van der Waals surface area contributed by atoms with Gasteiger partial charge in [-0.25, -0.2) is 4.98 Å². The number of β-amino-alcohol motifs (C(OH)–C–C–N with tert-alkyl or cyclic N) is 1. The number of pyridine rings is 1. The Morgan fingerprint density at radius 1 is 1.00 bits per heavy atom. The number of methoxy groups -OCH3 is 1. The lowest BCUT2D eigenvalue weighted by molar-refractivity contribution is -0.145. The van der Waals surface area contributed by atoms with Gasteiger partial charge in [-0.3, -0.25) is 29.0 Å². The number of carbonyl (C=O) groups excluding carboxylic acids is 4. The van der Waals surface area contributed by atoms with Crippen molar-refractivity contribution in [3.05, 3.63) is 95.4 Å². The van der Waals surface area contributed by atoms with Gasteiger partial charge < -0.3 is 40.3 Å². The summed E-state index contributed by atoms with van der Waals surface area (Å²) in [6.45, 7) is 8.34. The second kappa shape index (κ2) is 19.6. The van der Waals surface area contributed by atoms with Crippen LogP contribution in [0.15, 0.2) is 79.1 Å². The van der Waals surface area contributed by atoms with Crippen LogP contribution in [0.1, 0.15) is 69.1 Å². The van der Waals surface area contributed by atoms with Gasteiger partial charge in [0.05, 0.1) is 53.2 Å². The largest absolute Gasteiger partial charge is 0.494 e. The molecule has 0 aliphatic carbocycles. The van der Waals surface area contributed by atoms with E-state index < -0.39 is 47.4 Å². The summed E-state index contributed by atoms with van der Waals surface area (Å²) in [6.07, 6.45) is 3.57. The summed E-state index contributed by atoms with van der Waals surface area (Å²) in [5.74, 6) is -1.22. The first-order valence-electron chi connectivity index (χ1n) is 21.3. The van der Waals surface area contributed by atoms with Gasteiger partial charge in [-0.15, -0.1) is 0 Å². The molecule has 338 valence electrons. The number of ether oxygens (including phenoxy) is 2. The summed E-state index contributed by atoms with van der Waals surface area (Å²) in [5.41, 5.74) is 4.65. The van der Waals surface area contributed by atoms with Crippen LogP contribution in [0.5, 0.6) is 5.75 Å². The smallest absolute Gasteiger partial charge is 0.274 e. The minimum atomic E-state index is -0.993. The molecule has 0 bridgehead atoms. The molecule has 2 aromatic carbocycles. The fourth-order valence-electron chi connectivity index (χ4n) is 8.11. The van der Waals surface area contributed by atoms with Crippen molar-refractivity contribution in [2.45, 2.75) is 77.3 Å². The number of piperidine rings is 1. The summed E-state index contributed by atoms with van der Waals surface area (Å²) in [6, 6.07) is 17.6. The number of halogens is 1. The van der Waals surface area contributed by atoms with Crippen LogP contribution >= 0.6 is 11.6 Å². The van der Waals surface area contributed by atoms with Crippen molar-refractivity contribution in [3.8, 4) is 28.4 Å². The third-order valence-electron chi connectivity index (χ3n) is 11.7. The SMILES string of the molecule is COc1cc(N2CCC(OCC(=O)N[C@H](C(=O)N3C[C@H](O)C[C@H]3C(=O)N[C@@H](C)c3ccc(-c4ccnn4C)c(Cl)c3)C(C)(C)C)CC2)ccc1NC(=O)c1cccc(-c2ccn[nH]2)n1. The van der Waals surface area contributed by atoms with Gasteiger partial charge >= 0.3 is 0 Å². The Bertz CT molecular complexity index is 2460. The van der Waals surface area contributed by atoms with Crippen molar-refractivity contribution in [1.82, 2.24) is 40.5 Å². The molecule has 4 atom stereocenters. The van der Waals surface area contributed by atoms with E-state index in [0.717, 1.165) is 22.5 Å². The van der Waals surface area contributed by atoms with Crippen LogP contribution in [0.2, 0.25) is 5.02 Å². The Hall–Kier alpha value is -6.30. The number of aromatic amines is 1. The molecule has 2 saturated heterocycles. The molecule has 0 spiro atoms. The Morgan fingerprint density at radius 2 is 1.78 bits per heavy atom. The maximum atomic E-state index is 14.2. The van der Waals surface area contributed by atoms with Crippen LogP contribution in [0.25, 0.3) is 22.6 Å². The van der Waals surface area contributed by atoms with Crippen molar-refractivity contribution in [2.75, 3.05) is 43.6 Å². The zero-order chi connectivity index (χ0) is 45.7. The zero-order valence-corrected chi connectivity index (χ0v) is 37.6. The van der Waals surface area contributed by atoms with Crippen molar-refractivity contribution in [1.29, 1.82) is 0 Å². The monoisotopic (exact) mass is 894 g/mol. The molecule has 3 aromatic heterocycles. The molecular weight excluding hydrogens is 840 g/mol. The summed E-state index contributed by atoms with van der Waals surface area (Å²) in [5, 5.41) is 31.0. The van der Waals surface area contributed by atoms with Gasteiger partial charge in [0.1, 0.15) is 30.1 Å². The van der Waals surface area contributed by atoms with Crippen LogP contribution in [0.4, 0.5) is 11.4 Å². The summed E-state index contributed by atoms with van der Waals surface area (Å²) in [4.78, 5) is 62.5. The normalized spacial score (nSPS) is 17.8. The number of aryl methyl sites for hydroxylation is 1. The number of amides is 4. The van der Waals surface area contributed by atoms with E-state index in [1.165, 1.54) is 4.90 Å². The minimum absolute atomic E-state index is 0.0451. The number of anilines is 2. The molecule has 17 nitrogen and oxygen atoms in total. The quantitative estimate of drug-likeness (QED) is 0.0986. The van der Waals surface area contributed by atoms with E-state index in [0.29, 0.717) is 53.8 Å². The maximum Gasteiger partial charge on any atom is 0.274 e. The van der Waals surface area contributed by atoms with Crippen molar-refractivity contribution in [2.24, 2.45) is 12.5 Å². The molecule has 0 unspecified atom stereocenters. The van der Waals surface area contributed by atoms with Crippen LogP contribution in [0.3, 0.4) is 0 Å². The second-order valence-corrected chi connectivity index (χ2v) is 17.7. The predicted molar refractivity (Wildman–Crippen MR) is 242 cm³/mol. The highest BCUT2D eigenvalue weighted by atomic mass is 35.5. The van der Waals surface area contributed by atoms with Crippen LogP contribution in [0, 0.1) is 5.41 Å². The topological polar surface area (TPSA) is 209 Å². The summed E-state index contributed by atoms with van der Waals surface area (Å²) < 4.78 is 13.4. The number of aromatic nitrogens is 5. The first kappa shape index (κ1) is 45.7. The van der Waals surface area contributed by atoms with Crippen LogP contribution in [-0.4, -0.2) is 116 Å². The van der Waals surface area contributed by atoms with Crippen molar-refractivity contribution in [3.63, 3.8) is 0 Å². The molecule has 0 radical (unpaired) electrons. The number of carbonyl (C=O) groups is 4. The summed E-state index contributed by atoms with van der Waals surface area (Å²) >= 11 is 6.65. The van der Waals surface area contributed by atoms with Crippen molar-refractivity contribution >= 4 is 46.6 Å². The first-order valence-corrected chi connectivity index (χ1v) is 21.7. The van der Waals surface area contributed by atoms with E-state index in [4.69, 9.17) is 21.1 Å². The number of rotatable bonds is 14. The van der Waals surface area contributed by atoms with Gasteiger partial charge in [-0.05, 0) is 73.2 Å². The number of H-pyrrole nitrogens is 1. The number of aliphatic hydroxyl groups is 1. The third kappa shape index (κ3) is 10.5. The lowest BCUT2D eigenvalue weighted by Crippen LogP contribution is -2.58. The highest BCUT2D eigenvalue weighted by molar-refractivity contribution is 6.33. The first-order chi connectivity index (χ1) is 30.6. The van der Waals surface area contributed by atoms with Gasteiger partial charge in [-0.1, -0.05) is 50.6 Å². The molecule has 5 heterocycles. The van der Waals surface area contributed by atoms with Crippen LogP contribution < -0.4 is 25.6 Å². The highest BCUT2D eigenvalue weighted by Crippen LogP contribution is 2.33. The van der Waals surface area contributed by atoms with Gasteiger partial charge in [-0.2, -0.15) is 10.2 Å². The fraction of sp³-hybridized carbons (Fsp3) is 0.413. The van der Waals surface area contributed by atoms with E-state index in [1.54, 1.807) is 60.6 Å². The number of hydrogen-bond acceptors (Lipinski definition) is 11. The molecule has 5 aromatic rings. The minimum Gasteiger partial charge on any atom is -0.494 e.